The monoisotopic (exact) mass is 362 g/mol. The largest absolute Gasteiger partial charge is 0.357 e. The van der Waals surface area contributed by atoms with Gasteiger partial charge >= 0.3 is 0 Å². The van der Waals surface area contributed by atoms with Crippen molar-refractivity contribution < 1.29 is 8.78 Å². The molecule has 2 aromatic rings. The summed E-state index contributed by atoms with van der Waals surface area (Å²) in [5.74, 6) is 1.49. The molecule has 8 heteroatoms. The van der Waals surface area contributed by atoms with Crippen molar-refractivity contribution in [1.29, 1.82) is 0 Å². The number of rotatable bonds is 5. The minimum atomic E-state index is -0.472. The molecule has 1 aromatic carbocycles. The predicted octanol–water partition coefficient (Wildman–Crippen LogP) is 2.54. The number of fused-ring (bicyclic) bond motifs is 1. The summed E-state index contributed by atoms with van der Waals surface area (Å²) in [6.07, 6.45) is 4.44. The Balaban J connectivity index is 1.67. The highest BCUT2D eigenvalue weighted by molar-refractivity contribution is 5.79. The van der Waals surface area contributed by atoms with E-state index in [1.165, 1.54) is 12.5 Å². The van der Waals surface area contributed by atoms with Crippen LogP contribution in [0.2, 0.25) is 0 Å². The zero-order chi connectivity index (χ0) is 18.4. The van der Waals surface area contributed by atoms with E-state index < -0.39 is 11.6 Å². The zero-order valence-corrected chi connectivity index (χ0v) is 14.9. The highest BCUT2D eigenvalue weighted by Gasteiger charge is 2.14. The lowest BCUT2D eigenvalue weighted by molar-refractivity contribution is 0.584. The second-order valence-corrected chi connectivity index (χ2v) is 6.28. The molecule has 1 aromatic heterocycles. The molecule has 0 saturated heterocycles. The van der Waals surface area contributed by atoms with Crippen LogP contribution in [0.15, 0.2) is 23.2 Å². The van der Waals surface area contributed by atoms with Gasteiger partial charge in [-0.3, -0.25) is 0 Å². The Kier molecular flexibility index (Phi) is 6.14. The first-order valence-corrected chi connectivity index (χ1v) is 9.04. The quantitative estimate of drug-likeness (QED) is 0.634. The number of nitrogens with one attached hydrogen (secondary N) is 2. The molecular weight excluding hydrogens is 338 g/mol. The molecule has 0 saturated carbocycles. The Labute approximate surface area is 151 Å². The van der Waals surface area contributed by atoms with E-state index in [0.717, 1.165) is 49.6 Å². The van der Waals surface area contributed by atoms with Crippen molar-refractivity contribution in [2.75, 3.05) is 6.54 Å². The zero-order valence-electron chi connectivity index (χ0n) is 14.9. The molecule has 0 amide bonds. The lowest BCUT2D eigenvalue weighted by atomic mass is 10.2. The number of aryl methyl sites for hydroxylation is 1. The van der Waals surface area contributed by atoms with E-state index in [1.807, 2.05) is 6.92 Å². The molecule has 140 valence electrons. The normalized spacial score (nSPS) is 14.7. The molecule has 0 bridgehead atoms. The Morgan fingerprint density at radius 1 is 1.19 bits per heavy atom. The van der Waals surface area contributed by atoms with E-state index in [0.29, 0.717) is 19.0 Å². The van der Waals surface area contributed by atoms with Crippen molar-refractivity contribution in [2.24, 2.45) is 4.99 Å². The number of hydrogen-bond donors (Lipinski definition) is 2. The van der Waals surface area contributed by atoms with Crippen LogP contribution in [0.3, 0.4) is 0 Å². The van der Waals surface area contributed by atoms with Crippen molar-refractivity contribution in [3.63, 3.8) is 0 Å². The van der Waals surface area contributed by atoms with Crippen LogP contribution >= 0.6 is 0 Å². The third-order valence-electron chi connectivity index (χ3n) is 4.36. The maximum Gasteiger partial charge on any atom is 0.191 e. The standard InChI is InChI=1S/C18H24F2N6/c1-2-21-18(22-11-13-10-14(19)7-8-15(13)20)23-12-17-25-24-16-6-4-3-5-9-26(16)17/h7-8,10H,2-6,9,11-12H2,1H3,(H2,21,22,23). The summed E-state index contributed by atoms with van der Waals surface area (Å²) < 4.78 is 29.2. The third-order valence-corrected chi connectivity index (χ3v) is 4.36. The molecule has 0 fully saturated rings. The summed E-state index contributed by atoms with van der Waals surface area (Å²) in [6, 6.07) is 3.38. The second kappa shape index (κ2) is 8.73. The molecule has 2 heterocycles. The van der Waals surface area contributed by atoms with Crippen molar-refractivity contribution in [3.8, 4) is 0 Å². The van der Waals surface area contributed by atoms with Crippen LogP contribution in [-0.4, -0.2) is 27.3 Å². The molecule has 26 heavy (non-hydrogen) atoms. The molecule has 1 aliphatic rings. The number of aromatic nitrogens is 3. The van der Waals surface area contributed by atoms with Gasteiger partial charge < -0.3 is 15.2 Å². The second-order valence-electron chi connectivity index (χ2n) is 6.28. The number of hydrogen-bond acceptors (Lipinski definition) is 3. The number of nitrogens with zero attached hydrogens (tertiary/aromatic N) is 4. The minimum absolute atomic E-state index is 0.0524. The first kappa shape index (κ1) is 18.3. The van der Waals surface area contributed by atoms with E-state index in [4.69, 9.17) is 0 Å². The van der Waals surface area contributed by atoms with Crippen LogP contribution in [0.4, 0.5) is 8.78 Å². The third kappa shape index (κ3) is 4.56. The molecule has 0 radical (unpaired) electrons. The fourth-order valence-electron chi connectivity index (χ4n) is 3.01. The van der Waals surface area contributed by atoms with Gasteiger partial charge in [0.1, 0.15) is 17.5 Å². The van der Waals surface area contributed by atoms with Gasteiger partial charge in [-0.2, -0.15) is 0 Å². The van der Waals surface area contributed by atoms with Crippen LogP contribution < -0.4 is 10.6 Å². The topological polar surface area (TPSA) is 67.1 Å². The summed E-state index contributed by atoms with van der Waals surface area (Å²) in [5.41, 5.74) is 0.221. The van der Waals surface area contributed by atoms with E-state index in [2.05, 4.69) is 30.4 Å². The van der Waals surface area contributed by atoms with E-state index in [-0.39, 0.29) is 12.1 Å². The van der Waals surface area contributed by atoms with Crippen molar-refractivity contribution in [1.82, 2.24) is 25.4 Å². The Morgan fingerprint density at radius 3 is 2.92 bits per heavy atom. The number of aliphatic imine (C=N–C) groups is 1. The molecule has 6 nitrogen and oxygen atoms in total. The maximum atomic E-state index is 13.7. The van der Waals surface area contributed by atoms with Crippen molar-refractivity contribution >= 4 is 5.96 Å². The van der Waals surface area contributed by atoms with Gasteiger partial charge in [-0.05, 0) is 38.0 Å². The minimum Gasteiger partial charge on any atom is -0.357 e. The SMILES string of the molecule is CCNC(=NCc1cc(F)ccc1F)NCc1nnc2n1CCCCC2. The van der Waals surface area contributed by atoms with E-state index in [9.17, 15) is 8.78 Å². The van der Waals surface area contributed by atoms with Gasteiger partial charge in [-0.15, -0.1) is 10.2 Å². The van der Waals surface area contributed by atoms with E-state index in [1.54, 1.807) is 0 Å². The van der Waals surface area contributed by atoms with Gasteiger partial charge in [0.25, 0.3) is 0 Å². The van der Waals surface area contributed by atoms with Gasteiger partial charge in [0.15, 0.2) is 11.8 Å². The average molecular weight is 362 g/mol. The fraction of sp³-hybridized carbons (Fsp3) is 0.500. The lowest BCUT2D eigenvalue weighted by Crippen LogP contribution is -2.37. The average Bonchev–Trinajstić information content (AvgIpc) is 2.86. The van der Waals surface area contributed by atoms with Crippen molar-refractivity contribution in [2.45, 2.75) is 52.2 Å². The van der Waals surface area contributed by atoms with E-state index >= 15 is 0 Å². The number of halogens is 2. The van der Waals surface area contributed by atoms with Crippen LogP contribution in [0.1, 0.15) is 43.4 Å². The van der Waals surface area contributed by atoms with Crippen molar-refractivity contribution in [3.05, 3.63) is 47.0 Å². The molecule has 1 aliphatic heterocycles. The molecule has 3 rings (SSSR count). The van der Waals surface area contributed by atoms with Crippen LogP contribution in [0.25, 0.3) is 0 Å². The van der Waals surface area contributed by atoms with Crippen LogP contribution in [0.5, 0.6) is 0 Å². The Bertz CT molecular complexity index is 771. The van der Waals surface area contributed by atoms with Crippen LogP contribution in [0, 0.1) is 11.6 Å². The highest BCUT2D eigenvalue weighted by atomic mass is 19.1. The summed E-state index contributed by atoms with van der Waals surface area (Å²) in [4.78, 5) is 4.35. The molecule has 0 aliphatic carbocycles. The van der Waals surface area contributed by atoms with Gasteiger partial charge in [-0.1, -0.05) is 6.42 Å². The summed E-state index contributed by atoms with van der Waals surface area (Å²) >= 11 is 0. The van der Waals surface area contributed by atoms with Crippen LogP contribution in [-0.2, 0) is 26.1 Å². The molecule has 0 spiro atoms. The first-order chi connectivity index (χ1) is 12.7. The molecular formula is C18H24F2N6. The van der Waals surface area contributed by atoms with Gasteiger partial charge in [0.2, 0.25) is 0 Å². The highest BCUT2D eigenvalue weighted by Crippen LogP contribution is 2.14. The summed E-state index contributed by atoms with van der Waals surface area (Å²) in [6.45, 7) is 4.07. The first-order valence-electron chi connectivity index (χ1n) is 9.04. The Hall–Kier alpha value is -2.51. The summed E-state index contributed by atoms with van der Waals surface area (Å²) in [5, 5.41) is 14.9. The summed E-state index contributed by atoms with van der Waals surface area (Å²) in [7, 11) is 0. The fourth-order valence-corrected chi connectivity index (χ4v) is 3.01. The number of guanidine groups is 1. The molecule has 2 N–H and O–H groups in total. The van der Waals surface area contributed by atoms with Gasteiger partial charge in [-0.25, -0.2) is 13.8 Å². The smallest absolute Gasteiger partial charge is 0.191 e. The lowest BCUT2D eigenvalue weighted by Gasteiger charge is -2.12. The van der Waals surface area contributed by atoms with Gasteiger partial charge in [0, 0.05) is 25.1 Å². The van der Waals surface area contributed by atoms with Gasteiger partial charge in [0.05, 0.1) is 13.1 Å². The maximum absolute atomic E-state index is 13.7. The Morgan fingerprint density at radius 2 is 2.08 bits per heavy atom. The number of benzene rings is 1. The molecule has 0 unspecified atom stereocenters. The molecule has 0 atom stereocenters. The predicted molar refractivity (Wildman–Crippen MR) is 95.6 cm³/mol.